The molecular formula is C12H21NO3. The van der Waals surface area contributed by atoms with Crippen LogP contribution in [0.2, 0.25) is 0 Å². The molecule has 1 aliphatic rings. The number of amides is 1. The fourth-order valence-corrected chi connectivity index (χ4v) is 2.56. The number of likely N-dealkylation sites (tertiary alicyclic amines) is 1. The van der Waals surface area contributed by atoms with Crippen LogP contribution in [-0.4, -0.2) is 34.5 Å². The zero-order valence-electron chi connectivity index (χ0n) is 10.5. The third kappa shape index (κ3) is 2.54. The lowest BCUT2D eigenvalue weighted by Crippen LogP contribution is -2.55. The predicted molar refractivity (Wildman–Crippen MR) is 61.0 cm³/mol. The molecule has 1 N–H and O–H groups in total. The summed E-state index contributed by atoms with van der Waals surface area (Å²) in [6.07, 6.45) is 1.77. The first kappa shape index (κ1) is 13.0. The average molecular weight is 227 g/mol. The Morgan fingerprint density at radius 2 is 1.88 bits per heavy atom. The van der Waals surface area contributed by atoms with E-state index in [1.54, 1.807) is 0 Å². The Morgan fingerprint density at radius 1 is 1.31 bits per heavy atom. The maximum absolute atomic E-state index is 11.4. The van der Waals surface area contributed by atoms with Crippen LogP contribution in [-0.2, 0) is 9.59 Å². The molecule has 92 valence electrons. The minimum atomic E-state index is -0.880. The second-order valence-corrected chi connectivity index (χ2v) is 5.61. The van der Waals surface area contributed by atoms with E-state index >= 15 is 0 Å². The summed E-state index contributed by atoms with van der Waals surface area (Å²) in [5.74, 6) is -0.987. The zero-order chi connectivity index (χ0) is 12.5. The summed E-state index contributed by atoms with van der Waals surface area (Å²) in [5, 5.41) is 9.30. The van der Waals surface area contributed by atoms with Gasteiger partial charge >= 0.3 is 5.97 Å². The highest BCUT2D eigenvalue weighted by Gasteiger charge is 2.43. The number of hydrogen-bond donors (Lipinski definition) is 1. The molecule has 4 heteroatoms. The van der Waals surface area contributed by atoms with E-state index in [1.165, 1.54) is 11.8 Å². The van der Waals surface area contributed by atoms with E-state index in [-0.39, 0.29) is 17.2 Å². The minimum Gasteiger partial charge on any atom is -0.480 e. The van der Waals surface area contributed by atoms with Gasteiger partial charge in [-0.15, -0.1) is 0 Å². The molecule has 1 heterocycles. The SMILES string of the molecule is CC(=O)N1CCC[C@H](C(C)(C)C)[C@@H]1C(=O)O. The van der Waals surface area contributed by atoms with Gasteiger partial charge in [0.1, 0.15) is 6.04 Å². The zero-order valence-corrected chi connectivity index (χ0v) is 10.5. The summed E-state index contributed by atoms with van der Waals surface area (Å²) in [4.78, 5) is 24.3. The first-order valence-corrected chi connectivity index (χ1v) is 5.75. The number of nitrogens with zero attached hydrogens (tertiary/aromatic N) is 1. The van der Waals surface area contributed by atoms with Crippen molar-refractivity contribution < 1.29 is 14.7 Å². The van der Waals surface area contributed by atoms with E-state index in [4.69, 9.17) is 0 Å². The van der Waals surface area contributed by atoms with Crippen molar-refractivity contribution in [2.24, 2.45) is 11.3 Å². The standard InChI is InChI=1S/C12H21NO3/c1-8(14)13-7-5-6-9(12(2,3)4)10(13)11(15)16/h9-10H,5-7H2,1-4H3,(H,15,16)/t9-,10+/m0/s1. The molecular weight excluding hydrogens is 206 g/mol. The molecule has 1 saturated heterocycles. The van der Waals surface area contributed by atoms with E-state index in [0.717, 1.165) is 12.8 Å². The number of hydrogen-bond acceptors (Lipinski definition) is 2. The molecule has 0 saturated carbocycles. The van der Waals surface area contributed by atoms with Crippen LogP contribution in [0.25, 0.3) is 0 Å². The summed E-state index contributed by atoms with van der Waals surface area (Å²) >= 11 is 0. The molecule has 0 aliphatic carbocycles. The Labute approximate surface area is 96.6 Å². The summed E-state index contributed by atoms with van der Waals surface area (Å²) in [7, 11) is 0. The van der Waals surface area contributed by atoms with Crippen LogP contribution >= 0.6 is 0 Å². The number of rotatable bonds is 1. The molecule has 0 unspecified atom stereocenters. The molecule has 0 aromatic carbocycles. The summed E-state index contributed by atoms with van der Waals surface area (Å²) in [5.41, 5.74) is -0.0861. The smallest absolute Gasteiger partial charge is 0.326 e. The highest BCUT2D eigenvalue weighted by Crippen LogP contribution is 2.37. The van der Waals surface area contributed by atoms with Crippen molar-refractivity contribution in [1.29, 1.82) is 0 Å². The van der Waals surface area contributed by atoms with Crippen LogP contribution in [0.5, 0.6) is 0 Å². The van der Waals surface area contributed by atoms with E-state index in [2.05, 4.69) is 0 Å². The molecule has 0 aromatic heterocycles. The third-order valence-electron chi connectivity index (χ3n) is 3.40. The maximum atomic E-state index is 11.4. The molecule has 4 nitrogen and oxygen atoms in total. The topological polar surface area (TPSA) is 57.6 Å². The van der Waals surface area contributed by atoms with Crippen molar-refractivity contribution in [3.05, 3.63) is 0 Å². The Kier molecular flexibility index (Phi) is 3.61. The van der Waals surface area contributed by atoms with Crippen molar-refractivity contribution >= 4 is 11.9 Å². The first-order valence-electron chi connectivity index (χ1n) is 5.75. The Balaban J connectivity index is 3.00. The number of carboxylic acids is 1. The number of carbonyl (C=O) groups excluding carboxylic acids is 1. The van der Waals surface area contributed by atoms with Crippen molar-refractivity contribution in [2.45, 2.75) is 46.6 Å². The lowest BCUT2D eigenvalue weighted by Gasteiger charge is -2.44. The fourth-order valence-electron chi connectivity index (χ4n) is 2.56. The van der Waals surface area contributed by atoms with E-state index < -0.39 is 12.0 Å². The second kappa shape index (κ2) is 4.44. The van der Waals surface area contributed by atoms with Crippen LogP contribution in [0.4, 0.5) is 0 Å². The van der Waals surface area contributed by atoms with Crippen molar-refractivity contribution in [1.82, 2.24) is 4.90 Å². The maximum Gasteiger partial charge on any atom is 0.326 e. The molecule has 1 fully saturated rings. The monoisotopic (exact) mass is 227 g/mol. The summed E-state index contributed by atoms with van der Waals surface area (Å²) < 4.78 is 0. The molecule has 0 bridgehead atoms. The van der Waals surface area contributed by atoms with Crippen LogP contribution in [0.15, 0.2) is 0 Å². The molecule has 1 rings (SSSR count). The van der Waals surface area contributed by atoms with Crippen LogP contribution < -0.4 is 0 Å². The van der Waals surface area contributed by atoms with Gasteiger partial charge in [-0.3, -0.25) is 4.79 Å². The van der Waals surface area contributed by atoms with Gasteiger partial charge in [0.05, 0.1) is 0 Å². The van der Waals surface area contributed by atoms with Gasteiger partial charge in [0, 0.05) is 13.5 Å². The van der Waals surface area contributed by atoms with Gasteiger partial charge in [0.25, 0.3) is 0 Å². The largest absolute Gasteiger partial charge is 0.480 e. The summed E-state index contributed by atoms with van der Waals surface area (Å²) in [6.45, 7) is 8.13. The minimum absolute atomic E-state index is 0.0302. The number of piperidine rings is 1. The molecule has 16 heavy (non-hydrogen) atoms. The van der Waals surface area contributed by atoms with Gasteiger partial charge in [-0.05, 0) is 24.2 Å². The van der Waals surface area contributed by atoms with Gasteiger partial charge in [0.2, 0.25) is 5.91 Å². The second-order valence-electron chi connectivity index (χ2n) is 5.61. The van der Waals surface area contributed by atoms with Crippen molar-refractivity contribution in [3.63, 3.8) is 0 Å². The Morgan fingerprint density at radius 3 is 2.25 bits per heavy atom. The summed E-state index contributed by atoms with van der Waals surface area (Å²) in [6, 6.07) is -0.661. The van der Waals surface area contributed by atoms with Crippen LogP contribution in [0, 0.1) is 11.3 Å². The van der Waals surface area contributed by atoms with Crippen molar-refractivity contribution in [2.75, 3.05) is 6.54 Å². The van der Waals surface area contributed by atoms with Gasteiger partial charge < -0.3 is 10.0 Å². The van der Waals surface area contributed by atoms with Gasteiger partial charge in [-0.25, -0.2) is 4.79 Å². The lowest BCUT2D eigenvalue weighted by atomic mass is 9.71. The lowest BCUT2D eigenvalue weighted by molar-refractivity contribution is -0.157. The molecule has 1 amide bonds. The van der Waals surface area contributed by atoms with E-state index in [9.17, 15) is 14.7 Å². The predicted octanol–water partition coefficient (Wildman–Crippen LogP) is 1.74. The third-order valence-corrected chi connectivity index (χ3v) is 3.40. The molecule has 1 aliphatic heterocycles. The molecule has 0 spiro atoms. The van der Waals surface area contributed by atoms with Gasteiger partial charge in [-0.2, -0.15) is 0 Å². The first-order chi connectivity index (χ1) is 7.25. The van der Waals surface area contributed by atoms with E-state index in [0.29, 0.717) is 6.54 Å². The Bertz CT molecular complexity index is 293. The van der Waals surface area contributed by atoms with Crippen molar-refractivity contribution in [3.8, 4) is 0 Å². The number of carboxylic acid groups (broad SMARTS) is 1. The van der Waals surface area contributed by atoms with Crippen LogP contribution in [0.3, 0.4) is 0 Å². The highest BCUT2D eigenvalue weighted by molar-refractivity contribution is 5.82. The normalized spacial score (nSPS) is 26.6. The highest BCUT2D eigenvalue weighted by atomic mass is 16.4. The quantitative estimate of drug-likeness (QED) is 0.742. The Hall–Kier alpha value is -1.06. The van der Waals surface area contributed by atoms with Gasteiger partial charge in [0.15, 0.2) is 0 Å². The fraction of sp³-hybridized carbons (Fsp3) is 0.833. The van der Waals surface area contributed by atoms with E-state index in [1.807, 2.05) is 20.8 Å². The number of aliphatic carboxylic acids is 1. The number of carbonyl (C=O) groups is 2. The average Bonchev–Trinajstić information content (AvgIpc) is 2.14. The molecule has 2 atom stereocenters. The van der Waals surface area contributed by atoms with Crippen LogP contribution in [0.1, 0.15) is 40.5 Å². The molecule has 0 aromatic rings. The van der Waals surface area contributed by atoms with Gasteiger partial charge in [-0.1, -0.05) is 20.8 Å². The molecule has 0 radical (unpaired) electrons.